The van der Waals surface area contributed by atoms with E-state index in [1.54, 1.807) is 17.0 Å². The van der Waals surface area contributed by atoms with Crippen molar-refractivity contribution >= 4 is 29.7 Å². The highest BCUT2D eigenvalue weighted by molar-refractivity contribution is 7.71. The minimum atomic E-state index is -0.294. The van der Waals surface area contributed by atoms with E-state index in [2.05, 4.69) is 4.57 Å². The molecule has 5 nitrogen and oxygen atoms in total. The molecule has 1 amide bonds. The maximum absolute atomic E-state index is 14.6. The fraction of sp³-hybridized carbons (Fsp3) is 0.500. The summed E-state index contributed by atoms with van der Waals surface area (Å²) in [5.74, 6) is -0.00168. The Bertz CT molecular complexity index is 1060. The lowest BCUT2D eigenvalue weighted by molar-refractivity contribution is -0.141. The number of hydrogen-bond acceptors (Lipinski definition) is 3. The summed E-state index contributed by atoms with van der Waals surface area (Å²) in [5, 5.41) is 0.539. The molecule has 8 heteroatoms. The number of carbonyl (C=O) groups excluding carboxylic acids is 1. The zero-order valence-corrected chi connectivity index (χ0v) is 17.3. The number of carbonyl (C=O) groups is 1. The molecule has 1 unspecified atom stereocenters. The monoisotopic (exact) mass is 421 g/mol. The molecule has 1 saturated carbocycles. The normalized spacial score (nSPS) is 25.2. The van der Waals surface area contributed by atoms with E-state index in [-0.39, 0.29) is 29.1 Å². The fourth-order valence-electron chi connectivity index (χ4n) is 4.78. The van der Waals surface area contributed by atoms with E-state index in [1.165, 1.54) is 6.07 Å². The van der Waals surface area contributed by atoms with E-state index in [1.807, 2.05) is 18.7 Å². The van der Waals surface area contributed by atoms with Gasteiger partial charge in [-0.05, 0) is 42.4 Å². The molecular formula is C20H21ClFN3O2S. The van der Waals surface area contributed by atoms with Crippen molar-refractivity contribution in [2.75, 3.05) is 20.3 Å². The Morgan fingerprint density at radius 1 is 1.46 bits per heavy atom. The number of benzene rings is 1. The third-order valence-electron chi connectivity index (χ3n) is 6.70. The van der Waals surface area contributed by atoms with Crippen molar-refractivity contribution in [3.05, 3.63) is 50.8 Å². The van der Waals surface area contributed by atoms with E-state index in [4.69, 9.17) is 28.6 Å². The largest absolute Gasteiger partial charge is 0.377 e. The first-order valence-corrected chi connectivity index (χ1v) is 10.2. The van der Waals surface area contributed by atoms with Gasteiger partial charge in [0.25, 0.3) is 0 Å². The van der Waals surface area contributed by atoms with Gasteiger partial charge in [-0.15, -0.1) is 0 Å². The molecule has 1 saturated heterocycles. The number of ether oxygens (including phenoxy) is 1. The summed E-state index contributed by atoms with van der Waals surface area (Å²) >= 11 is 11.8. The highest BCUT2D eigenvalue weighted by Gasteiger charge is 2.63. The zero-order valence-electron chi connectivity index (χ0n) is 15.7. The summed E-state index contributed by atoms with van der Waals surface area (Å²) < 4.78 is 24.5. The Balaban J connectivity index is 1.49. The molecular weight excluding hydrogens is 401 g/mol. The molecule has 0 N–H and O–H groups in total. The van der Waals surface area contributed by atoms with Crippen molar-refractivity contribution in [1.29, 1.82) is 0 Å². The van der Waals surface area contributed by atoms with Crippen molar-refractivity contribution in [2.24, 2.45) is 7.05 Å². The number of aromatic nitrogens is 2. The molecule has 148 valence electrons. The molecule has 1 aliphatic carbocycles. The molecule has 28 heavy (non-hydrogen) atoms. The van der Waals surface area contributed by atoms with Crippen LogP contribution in [-0.2, 0) is 35.0 Å². The number of likely N-dealkylation sites (N-methyl/N-ethyl adjacent to an activating group) is 1. The highest BCUT2D eigenvalue weighted by Crippen LogP contribution is 2.66. The highest BCUT2D eigenvalue weighted by atomic mass is 35.5. The van der Waals surface area contributed by atoms with Crippen LogP contribution in [0.2, 0.25) is 5.02 Å². The van der Waals surface area contributed by atoms with Gasteiger partial charge in [-0.2, -0.15) is 0 Å². The smallest absolute Gasteiger partial charge is 0.228 e. The standard InChI is InChI=1S/C20H21ClFN3O2S/c1-23(12-8-27-9-12)17(26)6-16-18-14-7-20(14,10-25(18)19(28)24(16)2)13-5-11(21)3-4-15(13)22/h3-5,12,14H,6-10H2,1-2H3/t14?,20-/m1/s1. The second kappa shape index (κ2) is 6.15. The molecule has 2 atom stereocenters. The van der Waals surface area contributed by atoms with Crippen LogP contribution in [0.4, 0.5) is 4.39 Å². The number of fused-ring (bicyclic) bond motifs is 3. The third-order valence-corrected chi connectivity index (χ3v) is 7.43. The molecule has 3 heterocycles. The van der Waals surface area contributed by atoms with Crippen molar-refractivity contribution in [1.82, 2.24) is 14.0 Å². The van der Waals surface area contributed by atoms with Gasteiger partial charge in [-0.1, -0.05) is 11.6 Å². The van der Waals surface area contributed by atoms with Gasteiger partial charge in [-0.25, -0.2) is 4.39 Å². The maximum atomic E-state index is 14.6. The van der Waals surface area contributed by atoms with Crippen molar-refractivity contribution < 1.29 is 13.9 Å². The van der Waals surface area contributed by atoms with Crippen LogP contribution in [0.25, 0.3) is 0 Å². The van der Waals surface area contributed by atoms with E-state index < -0.39 is 0 Å². The average molecular weight is 422 g/mol. The topological polar surface area (TPSA) is 39.4 Å². The maximum Gasteiger partial charge on any atom is 0.228 e. The number of halogens is 2. The van der Waals surface area contributed by atoms with Gasteiger partial charge in [-0.3, -0.25) is 4.79 Å². The van der Waals surface area contributed by atoms with E-state index in [0.717, 1.165) is 17.8 Å². The molecule has 1 aromatic heterocycles. The van der Waals surface area contributed by atoms with Crippen LogP contribution in [0.15, 0.2) is 18.2 Å². The van der Waals surface area contributed by atoms with Crippen molar-refractivity contribution in [2.45, 2.75) is 36.8 Å². The molecule has 3 aliphatic rings. The number of nitrogens with zero attached hydrogens (tertiary/aromatic N) is 3. The molecule has 1 aromatic carbocycles. The minimum Gasteiger partial charge on any atom is -0.377 e. The Labute approximate surface area is 172 Å². The van der Waals surface area contributed by atoms with E-state index >= 15 is 0 Å². The summed E-state index contributed by atoms with van der Waals surface area (Å²) in [7, 11) is 3.73. The van der Waals surface area contributed by atoms with Crippen molar-refractivity contribution in [3.8, 4) is 0 Å². The first-order valence-electron chi connectivity index (χ1n) is 9.40. The summed E-state index contributed by atoms with van der Waals surface area (Å²) in [6.07, 6.45) is 1.15. The van der Waals surface area contributed by atoms with Gasteiger partial charge in [0.05, 0.1) is 25.7 Å². The Kier molecular flexibility index (Phi) is 4.03. The zero-order chi connectivity index (χ0) is 19.8. The SMILES string of the molecule is CN(C(=O)Cc1c2n(c(=S)n1C)C[C@@]1(c3cc(Cl)ccc3F)CC21)C1COC1. The van der Waals surface area contributed by atoms with Gasteiger partial charge < -0.3 is 18.8 Å². The predicted molar refractivity (Wildman–Crippen MR) is 106 cm³/mol. The van der Waals surface area contributed by atoms with Crippen LogP contribution in [-0.4, -0.2) is 46.2 Å². The second-order valence-corrected chi connectivity index (χ2v) is 8.97. The molecule has 0 bridgehead atoms. The molecule has 0 radical (unpaired) electrons. The minimum absolute atomic E-state index is 0.0550. The average Bonchev–Trinajstić information content (AvgIpc) is 3.17. The predicted octanol–water partition coefficient (Wildman–Crippen LogP) is 3.19. The summed E-state index contributed by atoms with van der Waals surface area (Å²) in [5.41, 5.74) is 2.39. The van der Waals surface area contributed by atoms with Gasteiger partial charge in [0, 0.05) is 48.4 Å². The molecule has 2 fully saturated rings. The molecule has 2 aliphatic heterocycles. The third kappa shape index (κ3) is 2.46. The number of rotatable bonds is 4. The second-order valence-electron chi connectivity index (χ2n) is 8.17. The summed E-state index contributed by atoms with van der Waals surface area (Å²) in [6.45, 7) is 1.82. The summed E-state index contributed by atoms with van der Waals surface area (Å²) in [4.78, 5) is 14.6. The quantitative estimate of drug-likeness (QED) is 0.712. The van der Waals surface area contributed by atoms with Crippen LogP contribution < -0.4 is 0 Å². The first kappa shape index (κ1) is 18.3. The molecule has 5 rings (SSSR count). The van der Waals surface area contributed by atoms with E-state index in [9.17, 15) is 9.18 Å². The lowest BCUT2D eigenvalue weighted by atomic mass is 9.93. The van der Waals surface area contributed by atoms with Crippen LogP contribution in [0, 0.1) is 10.6 Å². The molecule has 0 spiro atoms. The van der Waals surface area contributed by atoms with Crippen LogP contribution in [0.3, 0.4) is 0 Å². The van der Waals surface area contributed by atoms with Gasteiger partial charge >= 0.3 is 0 Å². The lowest BCUT2D eigenvalue weighted by Gasteiger charge is -2.34. The summed E-state index contributed by atoms with van der Waals surface area (Å²) in [6, 6.07) is 4.90. The van der Waals surface area contributed by atoms with Gasteiger partial charge in [0.2, 0.25) is 5.91 Å². The van der Waals surface area contributed by atoms with Crippen LogP contribution >= 0.6 is 23.8 Å². The Morgan fingerprint density at radius 2 is 2.21 bits per heavy atom. The van der Waals surface area contributed by atoms with Gasteiger partial charge in [0.1, 0.15) is 5.82 Å². The molecule has 2 aromatic rings. The van der Waals surface area contributed by atoms with Crippen LogP contribution in [0.1, 0.15) is 29.3 Å². The first-order chi connectivity index (χ1) is 13.3. The Hall–Kier alpha value is -1.70. The fourth-order valence-corrected chi connectivity index (χ4v) is 5.22. The van der Waals surface area contributed by atoms with Crippen LogP contribution in [0.5, 0.6) is 0 Å². The Morgan fingerprint density at radius 3 is 2.89 bits per heavy atom. The number of amides is 1. The number of imidazole rings is 1. The van der Waals surface area contributed by atoms with E-state index in [0.29, 0.717) is 41.5 Å². The number of hydrogen-bond donors (Lipinski definition) is 0. The van der Waals surface area contributed by atoms with Crippen molar-refractivity contribution in [3.63, 3.8) is 0 Å². The lowest BCUT2D eigenvalue weighted by Crippen LogP contribution is -2.50. The van der Waals surface area contributed by atoms with Gasteiger partial charge in [0.15, 0.2) is 4.77 Å².